The maximum Gasteiger partial charge on any atom is 0.193 e. The molecule has 0 saturated carbocycles. The molecule has 17 heavy (non-hydrogen) atoms. The highest BCUT2D eigenvalue weighted by Gasteiger charge is 2.43. The second-order valence-corrected chi connectivity index (χ2v) is 4.86. The van der Waals surface area contributed by atoms with Gasteiger partial charge in [0.25, 0.3) is 0 Å². The highest BCUT2D eigenvalue weighted by atomic mass is 16.7. The standard InChI is InChI=1S/C13H16N2O2/c1-7-12-10-5-4-9(16)6-11(10)8(2)15(3)13(12)17-14-7/h4-6,8,12-13,16H,1-3H3/t8-,12-,13-/m1/s1. The molecule has 2 aliphatic heterocycles. The fraction of sp³-hybridized carbons (Fsp3) is 0.462. The third-order valence-corrected chi connectivity index (χ3v) is 3.91. The molecule has 2 aliphatic rings. The van der Waals surface area contributed by atoms with E-state index in [9.17, 15) is 5.11 Å². The molecule has 4 heteroatoms. The highest BCUT2D eigenvalue weighted by molar-refractivity contribution is 5.90. The van der Waals surface area contributed by atoms with Gasteiger partial charge in [-0.2, -0.15) is 0 Å². The van der Waals surface area contributed by atoms with Gasteiger partial charge in [-0.1, -0.05) is 11.2 Å². The second kappa shape index (κ2) is 3.47. The lowest BCUT2D eigenvalue weighted by Gasteiger charge is -2.39. The van der Waals surface area contributed by atoms with Crippen molar-refractivity contribution in [1.82, 2.24) is 4.90 Å². The number of phenolic OH excluding ortho intramolecular Hbond substituents is 1. The van der Waals surface area contributed by atoms with Crippen LogP contribution < -0.4 is 0 Å². The Labute approximate surface area is 100 Å². The van der Waals surface area contributed by atoms with Crippen LogP contribution in [-0.4, -0.2) is 29.0 Å². The number of hydrogen-bond acceptors (Lipinski definition) is 4. The number of fused-ring (bicyclic) bond motifs is 3. The van der Waals surface area contributed by atoms with Crippen LogP contribution in [0.15, 0.2) is 23.4 Å². The van der Waals surface area contributed by atoms with Gasteiger partial charge in [-0.25, -0.2) is 0 Å². The van der Waals surface area contributed by atoms with Gasteiger partial charge in [0.15, 0.2) is 6.23 Å². The van der Waals surface area contributed by atoms with E-state index in [1.54, 1.807) is 6.07 Å². The molecule has 0 spiro atoms. The number of nitrogens with zero attached hydrogens (tertiary/aromatic N) is 2. The van der Waals surface area contributed by atoms with Gasteiger partial charge < -0.3 is 9.94 Å². The van der Waals surface area contributed by atoms with E-state index in [1.807, 2.05) is 26.1 Å². The van der Waals surface area contributed by atoms with Crippen LogP contribution >= 0.6 is 0 Å². The number of rotatable bonds is 0. The van der Waals surface area contributed by atoms with Crippen molar-refractivity contribution in [1.29, 1.82) is 0 Å². The molecule has 0 saturated heterocycles. The summed E-state index contributed by atoms with van der Waals surface area (Å²) in [6.45, 7) is 4.11. The average Bonchev–Trinajstić information content (AvgIpc) is 2.69. The summed E-state index contributed by atoms with van der Waals surface area (Å²) < 4.78 is 0. The van der Waals surface area contributed by atoms with Gasteiger partial charge in [0.1, 0.15) is 5.75 Å². The van der Waals surface area contributed by atoms with Gasteiger partial charge in [0.2, 0.25) is 0 Å². The van der Waals surface area contributed by atoms with Crippen LogP contribution in [0.4, 0.5) is 0 Å². The molecule has 3 atom stereocenters. The van der Waals surface area contributed by atoms with Crippen LogP contribution in [-0.2, 0) is 4.84 Å². The summed E-state index contributed by atoms with van der Waals surface area (Å²) in [6.07, 6.45) is -0.0120. The van der Waals surface area contributed by atoms with Crippen molar-refractivity contribution >= 4 is 5.71 Å². The van der Waals surface area contributed by atoms with Crippen LogP contribution in [0.2, 0.25) is 0 Å². The van der Waals surface area contributed by atoms with Crippen molar-refractivity contribution < 1.29 is 9.94 Å². The van der Waals surface area contributed by atoms with E-state index in [2.05, 4.69) is 17.0 Å². The number of benzene rings is 1. The summed E-state index contributed by atoms with van der Waals surface area (Å²) in [7, 11) is 2.03. The first kappa shape index (κ1) is 10.6. The summed E-state index contributed by atoms with van der Waals surface area (Å²) in [4.78, 5) is 7.65. The predicted molar refractivity (Wildman–Crippen MR) is 65.0 cm³/mol. The van der Waals surface area contributed by atoms with E-state index in [4.69, 9.17) is 4.84 Å². The Bertz CT molecular complexity index is 498. The summed E-state index contributed by atoms with van der Waals surface area (Å²) in [5, 5.41) is 13.7. The van der Waals surface area contributed by atoms with E-state index in [1.165, 1.54) is 5.56 Å². The fourth-order valence-corrected chi connectivity index (χ4v) is 2.80. The van der Waals surface area contributed by atoms with Crippen molar-refractivity contribution in [3.8, 4) is 5.75 Å². The zero-order valence-corrected chi connectivity index (χ0v) is 10.2. The molecule has 0 aliphatic carbocycles. The molecule has 0 aromatic heterocycles. The van der Waals surface area contributed by atoms with Gasteiger partial charge in [0.05, 0.1) is 11.6 Å². The van der Waals surface area contributed by atoms with E-state index in [0.717, 1.165) is 11.3 Å². The summed E-state index contributed by atoms with van der Waals surface area (Å²) in [5.41, 5.74) is 3.38. The Hall–Kier alpha value is -1.55. The van der Waals surface area contributed by atoms with Crippen molar-refractivity contribution in [2.24, 2.45) is 5.16 Å². The molecule has 0 bridgehead atoms. The zero-order chi connectivity index (χ0) is 12.2. The number of hydrogen-bond donors (Lipinski definition) is 1. The Morgan fingerprint density at radius 3 is 2.88 bits per heavy atom. The molecule has 1 aromatic rings. The molecule has 1 aromatic carbocycles. The topological polar surface area (TPSA) is 45.1 Å². The number of likely N-dealkylation sites (N-methyl/N-ethyl adjacent to an activating group) is 1. The van der Waals surface area contributed by atoms with E-state index in [0.29, 0.717) is 5.75 Å². The van der Waals surface area contributed by atoms with E-state index >= 15 is 0 Å². The van der Waals surface area contributed by atoms with Crippen molar-refractivity contribution in [2.45, 2.75) is 32.0 Å². The molecule has 0 fully saturated rings. The fourth-order valence-electron chi connectivity index (χ4n) is 2.80. The highest BCUT2D eigenvalue weighted by Crippen LogP contribution is 2.43. The van der Waals surface area contributed by atoms with Crippen molar-refractivity contribution in [3.63, 3.8) is 0 Å². The Balaban J connectivity index is 2.17. The average molecular weight is 232 g/mol. The lowest BCUT2D eigenvalue weighted by atomic mass is 9.82. The smallest absolute Gasteiger partial charge is 0.193 e. The molecule has 2 heterocycles. The lowest BCUT2D eigenvalue weighted by molar-refractivity contribution is -0.0579. The number of phenols is 1. The van der Waals surface area contributed by atoms with E-state index in [-0.39, 0.29) is 18.2 Å². The molecular weight excluding hydrogens is 216 g/mol. The van der Waals surface area contributed by atoms with Crippen LogP contribution in [0.3, 0.4) is 0 Å². The third-order valence-electron chi connectivity index (χ3n) is 3.91. The minimum atomic E-state index is -0.0120. The van der Waals surface area contributed by atoms with Gasteiger partial charge in [-0.15, -0.1) is 0 Å². The largest absolute Gasteiger partial charge is 0.508 e. The molecule has 0 radical (unpaired) electrons. The van der Waals surface area contributed by atoms with Crippen LogP contribution in [0.1, 0.15) is 36.9 Å². The Morgan fingerprint density at radius 1 is 1.35 bits per heavy atom. The maximum atomic E-state index is 9.62. The maximum absolute atomic E-state index is 9.62. The van der Waals surface area contributed by atoms with Gasteiger partial charge in [-0.05, 0) is 44.2 Å². The quantitative estimate of drug-likeness (QED) is 0.746. The molecule has 1 N–H and O–H groups in total. The molecule has 4 nitrogen and oxygen atoms in total. The molecule has 90 valence electrons. The molecule has 3 rings (SSSR count). The van der Waals surface area contributed by atoms with E-state index < -0.39 is 0 Å². The summed E-state index contributed by atoms with van der Waals surface area (Å²) in [6, 6.07) is 5.79. The molecule has 0 amide bonds. The number of aromatic hydroxyl groups is 1. The number of oxime groups is 1. The Kier molecular flexibility index (Phi) is 2.16. The van der Waals surface area contributed by atoms with Crippen molar-refractivity contribution in [2.75, 3.05) is 7.05 Å². The third kappa shape index (κ3) is 1.37. The first-order valence-corrected chi connectivity index (χ1v) is 5.84. The minimum absolute atomic E-state index is 0.0120. The molecular formula is C13H16N2O2. The van der Waals surface area contributed by atoms with Crippen molar-refractivity contribution in [3.05, 3.63) is 29.3 Å². The lowest BCUT2D eigenvalue weighted by Crippen LogP contribution is -2.43. The van der Waals surface area contributed by atoms with Gasteiger partial charge in [0, 0.05) is 6.04 Å². The summed E-state index contributed by atoms with van der Waals surface area (Å²) >= 11 is 0. The van der Waals surface area contributed by atoms with Crippen LogP contribution in [0, 0.1) is 0 Å². The first-order chi connectivity index (χ1) is 8.09. The molecule has 0 unspecified atom stereocenters. The van der Waals surface area contributed by atoms with Crippen LogP contribution in [0.25, 0.3) is 0 Å². The van der Waals surface area contributed by atoms with Crippen LogP contribution in [0.5, 0.6) is 5.75 Å². The summed E-state index contributed by atoms with van der Waals surface area (Å²) in [5.74, 6) is 0.503. The SMILES string of the molecule is CC1=NO[C@@H]2[C@H]1c1ccc(O)cc1[C@@H](C)N2C. The minimum Gasteiger partial charge on any atom is -0.508 e. The monoisotopic (exact) mass is 232 g/mol. The van der Waals surface area contributed by atoms with Gasteiger partial charge in [-0.3, -0.25) is 4.90 Å². The normalized spacial score (nSPS) is 31.5. The second-order valence-electron chi connectivity index (χ2n) is 4.86. The first-order valence-electron chi connectivity index (χ1n) is 5.84. The predicted octanol–water partition coefficient (Wildman–Crippen LogP) is 2.21. The Morgan fingerprint density at radius 2 is 2.12 bits per heavy atom. The van der Waals surface area contributed by atoms with Gasteiger partial charge >= 0.3 is 0 Å². The zero-order valence-electron chi connectivity index (χ0n) is 10.2.